The van der Waals surface area contributed by atoms with Crippen LogP contribution in [0.2, 0.25) is 0 Å². The minimum absolute atomic E-state index is 0.114. The van der Waals surface area contributed by atoms with E-state index >= 15 is 0 Å². The van der Waals surface area contributed by atoms with Crippen LogP contribution in [0.1, 0.15) is 15.9 Å². The van der Waals surface area contributed by atoms with Crippen LogP contribution in [0, 0.1) is 0 Å². The smallest absolute Gasteiger partial charge is 0.416 e. The lowest BCUT2D eigenvalue weighted by Gasteiger charge is -2.18. The molecule has 1 N–H and O–H groups in total. The standard InChI is InChI=1S/C20H21F3N2O5/c1-25(2)19(27)14-9-16(28-3)17(29-4)10-15(14)24-18(26)11-30-13-7-5-6-12(8-13)20(21,22)23/h5-10H,11H2,1-4H3,(H,24,26). The van der Waals surface area contributed by atoms with Crippen molar-refractivity contribution in [3.8, 4) is 17.2 Å². The van der Waals surface area contributed by atoms with Gasteiger partial charge < -0.3 is 24.4 Å². The molecule has 0 saturated carbocycles. The minimum atomic E-state index is -4.53. The lowest BCUT2D eigenvalue weighted by Crippen LogP contribution is -2.26. The van der Waals surface area contributed by atoms with Crippen LogP contribution < -0.4 is 19.5 Å². The maximum Gasteiger partial charge on any atom is 0.416 e. The van der Waals surface area contributed by atoms with Crippen LogP contribution in [-0.2, 0) is 11.0 Å². The first-order chi connectivity index (χ1) is 14.1. The van der Waals surface area contributed by atoms with Crippen LogP contribution >= 0.6 is 0 Å². The molecule has 0 bridgehead atoms. The highest BCUT2D eigenvalue weighted by molar-refractivity contribution is 6.04. The van der Waals surface area contributed by atoms with Gasteiger partial charge in [0.2, 0.25) is 0 Å². The summed E-state index contributed by atoms with van der Waals surface area (Å²) in [4.78, 5) is 26.1. The van der Waals surface area contributed by atoms with Gasteiger partial charge in [-0.25, -0.2) is 0 Å². The number of rotatable bonds is 7. The Morgan fingerprint density at radius 3 is 2.23 bits per heavy atom. The van der Waals surface area contributed by atoms with Crippen molar-refractivity contribution in [3.05, 3.63) is 47.5 Å². The highest BCUT2D eigenvalue weighted by atomic mass is 19.4. The van der Waals surface area contributed by atoms with Crippen molar-refractivity contribution in [2.45, 2.75) is 6.18 Å². The van der Waals surface area contributed by atoms with Crippen molar-refractivity contribution in [1.29, 1.82) is 0 Å². The van der Waals surface area contributed by atoms with Crippen LogP contribution in [0.5, 0.6) is 17.2 Å². The van der Waals surface area contributed by atoms with Crippen molar-refractivity contribution < 1.29 is 37.0 Å². The van der Waals surface area contributed by atoms with Crippen LogP contribution in [0.25, 0.3) is 0 Å². The topological polar surface area (TPSA) is 77.1 Å². The van der Waals surface area contributed by atoms with Gasteiger partial charge >= 0.3 is 6.18 Å². The Kier molecular flexibility index (Phi) is 7.14. The molecule has 30 heavy (non-hydrogen) atoms. The first kappa shape index (κ1) is 22.9. The maximum absolute atomic E-state index is 12.8. The zero-order valence-corrected chi connectivity index (χ0v) is 16.8. The Morgan fingerprint density at radius 1 is 1.03 bits per heavy atom. The number of carbonyl (C=O) groups excluding carboxylic acids is 2. The van der Waals surface area contributed by atoms with Crippen molar-refractivity contribution in [1.82, 2.24) is 4.90 Å². The van der Waals surface area contributed by atoms with E-state index in [-0.39, 0.29) is 22.7 Å². The van der Waals surface area contributed by atoms with E-state index in [0.29, 0.717) is 5.75 Å². The second kappa shape index (κ2) is 9.38. The number of carbonyl (C=O) groups is 2. The zero-order chi connectivity index (χ0) is 22.5. The molecule has 0 atom stereocenters. The van der Waals surface area contributed by atoms with Gasteiger partial charge in [0.1, 0.15) is 5.75 Å². The Bertz CT molecular complexity index is 929. The molecule has 0 aliphatic rings. The molecular formula is C20H21F3N2O5. The largest absolute Gasteiger partial charge is 0.493 e. The monoisotopic (exact) mass is 426 g/mol. The molecule has 0 aliphatic carbocycles. The molecular weight excluding hydrogens is 405 g/mol. The Balaban J connectivity index is 2.20. The number of halogens is 3. The summed E-state index contributed by atoms with van der Waals surface area (Å²) in [6, 6.07) is 7.01. The first-order valence-electron chi connectivity index (χ1n) is 8.64. The molecule has 162 valence electrons. The van der Waals surface area contributed by atoms with Gasteiger partial charge in [0.05, 0.1) is 31.0 Å². The number of amides is 2. The van der Waals surface area contributed by atoms with Gasteiger partial charge in [-0.05, 0) is 24.3 Å². The fraction of sp³-hybridized carbons (Fsp3) is 0.300. The summed E-state index contributed by atoms with van der Waals surface area (Å²) in [5, 5.41) is 2.52. The molecule has 0 saturated heterocycles. The summed E-state index contributed by atoms with van der Waals surface area (Å²) in [5.74, 6) is -0.614. The summed E-state index contributed by atoms with van der Waals surface area (Å²) in [6.07, 6.45) is -4.53. The minimum Gasteiger partial charge on any atom is -0.493 e. The van der Waals surface area contributed by atoms with Gasteiger partial charge in [-0.1, -0.05) is 6.07 Å². The normalized spacial score (nSPS) is 10.9. The zero-order valence-electron chi connectivity index (χ0n) is 16.8. The molecule has 2 aromatic rings. The molecule has 7 nitrogen and oxygen atoms in total. The molecule has 0 aromatic heterocycles. The number of alkyl halides is 3. The number of nitrogens with zero attached hydrogens (tertiary/aromatic N) is 1. The van der Waals surface area contributed by atoms with Crippen LogP contribution in [0.3, 0.4) is 0 Å². The number of hydrogen-bond donors (Lipinski definition) is 1. The predicted molar refractivity (Wildman–Crippen MR) is 103 cm³/mol. The lowest BCUT2D eigenvalue weighted by molar-refractivity contribution is -0.137. The lowest BCUT2D eigenvalue weighted by atomic mass is 10.1. The van der Waals surface area contributed by atoms with Crippen LogP contribution in [-0.4, -0.2) is 51.6 Å². The molecule has 0 unspecified atom stereocenters. The number of anilines is 1. The van der Waals surface area contributed by atoms with E-state index in [0.717, 1.165) is 12.1 Å². The molecule has 2 rings (SSSR count). The van der Waals surface area contributed by atoms with Gasteiger partial charge in [-0.2, -0.15) is 13.2 Å². The number of nitrogens with one attached hydrogen (secondary N) is 1. The van der Waals surface area contributed by atoms with Gasteiger partial charge in [-0.15, -0.1) is 0 Å². The second-order valence-electron chi connectivity index (χ2n) is 6.31. The highest BCUT2D eigenvalue weighted by Gasteiger charge is 2.30. The molecule has 0 aliphatic heterocycles. The van der Waals surface area contributed by atoms with E-state index in [9.17, 15) is 22.8 Å². The summed E-state index contributed by atoms with van der Waals surface area (Å²) in [6.45, 7) is -0.564. The first-order valence-corrected chi connectivity index (χ1v) is 8.64. The summed E-state index contributed by atoms with van der Waals surface area (Å²) >= 11 is 0. The van der Waals surface area contributed by atoms with E-state index in [4.69, 9.17) is 14.2 Å². The fourth-order valence-electron chi connectivity index (χ4n) is 2.50. The van der Waals surface area contributed by atoms with E-state index < -0.39 is 30.2 Å². The molecule has 0 spiro atoms. The molecule has 0 radical (unpaired) electrons. The summed E-state index contributed by atoms with van der Waals surface area (Å²) < 4.78 is 53.9. The van der Waals surface area contributed by atoms with Crippen molar-refractivity contribution in [3.63, 3.8) is 0 Å². The maximum atomic E-state index is 12.8. The average Bonchev–Trinajstić information content (AvgIpc) is 2.70. The number of benzene rings is 2. The average molecular weight is 426 g/mol. The van der Waals surface area contributed by atoms with Crippen LogP contribution in [0.15, 0.2) is 36.4 Å². The van der Waals surface area contributed by atoms with E-state index in [1.165, 1.54) is 43.4 Å². The Morgan fingerprint density at radius 2 is 1.67 bits per heavy atom. The third-order valence-electron chi connectivity index (χ3n) is 3.97. The Labute approximate surface area is 171 Å². The van der Waals surface area contributed by atoms with Crippen LogP contribution in [0.4, 0.5) is 18.9 Å². The van der Waals surface area contributed by atoms with Gasteiger partial charge in [0.15, 0.2) is 18.1 Å². The number of hydrogen-bond acceptors (Lipinski definition) is 5. The van der Waals surface area contributed by atoms with Crippen molar-refractivity contribution in [2.24, 2.45) is 0 Å². The van der Waals surface area contributed by atoms with E-state index in [1.807, 2.05) is 0 Å². The van der Waals surface area contributed by atoms with E-state index in [2.05, 4.69) is 5.32 Å². The third-order valence-corrected chi connectivity index (χ3v) is 3.97. The van der Waals surface area contributed by atoms with Gasteiger partial charge in [-0.3, -0.25) is 9.59 Å². The summed E-state index contributed by atoms with van der Waals surface area (Å²) in [7, 11) is 5.89. The third kappa shape index (κ3) is 5.56. The molecule has 2 aromatic carbocycles. The summed E-state index contributed by atoms with van der Waals surface area (Å²) in [5.41, 5.74) is -0.603. The quantitative estimate of drug-likeness (QED) is 0.734. The molecule has 2 amide bonds. The van der Waals surface area contributed by atoms with Crippen molar-refractivity contribution in [2.75, 3.05) is 40.2 Å². The highest BCUT2D eigenvalue weighted by Crippen LogP contribution is 2.34. The SMILES string of the molecule is COc1cc(NC(=O)COc2cccc(C(F)(F)F)c2)c(C(=O)N(C)C)cc1OC. The molecule has 0 fully saturated rings. The Hall–Kier alpha value is -3.43. The molecule has 10 heteroatoms. The van der Waals surface area contributed by atoms with E-state index in [1.54, 1.807) is 14.1 Å². The fourth-order valence-corrected chi connectivity index (χ4v) is 2.50. The van der Waals surface area contributed by atoms with Crippen molar-refractivity contribution >= 4 is 17.5 Å². The number of ether oxygens (including phenoxy) is 3. The van der Waals surface area contributed by atoms with Gasteiger partial charge in [0.25, 0.3) is 11.8 Å². The predicted octanol–water partition coefficient (Wildman–Crippen LogP) is 3.44. The number of methoxy groups -OCH3 is 2. The molecule has 0 heterocycles. The second-order valence-corrected chi connectivity index (χ2v) is 6.31. The van der Waals surface area contributed by atoms with Gasteiger partial charge in [0, 0.05) is 20.2 Å².